The molecule has 5 rings (SSSR count). The van der Waals surface area contributed by atoms with E-state index in [9.17, 15) is 4.79 Å². The first kappa shape index (κ1) is 17.6. The minimum atomic E-state index is 0.00670. The first-order chi connectivity index (χ1) is 13.8. The number of rotatable bonds is 3. The lowest BCUT2D eigenvalue weighted by Gasteiger charge is -2.28. The van der Waals surface area contributed by atoms with Gasteiger partial charge in [-0.3, -0.25) is 4.79 Å². The number of thiazole rings is 1. The molecule has 2 saturated heterocycles. The molecule has 0 spiro atoms. The summed E-state index contributed by atoms with van der Waals surface area (Å²) in [6.45, 7) is 4.60. The zero-order valence-corrected chi connectivity index (χ0v) is 16.4. The van der Waals surface area contributed by atoms with E-state index >= 15 is 0 Å². The highest BCUT2D eigenvalue weighted by molar-refractivity contribution is 7.17. The fourth-order valence-electron chi connectivity index (χ4n) is 3.83. The zero-order chi connectivity index (χ0) is 18.9. The number of carbonyl (C=O) groups is 1. The molecular formula is C20H22N4O3S. The lowest BCUT2D eigenvalue weighted by atomic mass is 10.1. The van der Waals surface area contributed by atoms with Crippen molar-refractivity contribution in [3.63, 3.8) is 0 Å². The Balaban J connectivity index is 1.40. The van der Waals surface area contributed by atoms with Gasteiger partial charge >= 0.3 is 0 Å². The van der Waals surface area contributed by atoms with Crippen molar-refractivity contribution in [3.05, 3.63) is 29.3 Å². The zero-order valence-electron chi connectivity index (χ0n) is 15.6. The number of benzene rings is 1. The van der Waals surface area contributed by atoms with Crippen molar-refractivity contribution in [3.8, 4) is 10.7 Å². The van der Waals surface area contributed by atoms with Crippen LogP contribution in [-0.2, 0) is 4.74 Å². The van der Waals surface area contributed by atoms with Crippen LogP contribution in [0.3, 0.4) is 0 Å². The Bertz CT molecular complexity index is 986. The quantitative estimate of drug-likeness (QED) is 0.673. The number of morpholine rings is 1. The Morgan fingerprint density at radius 1 is 1.07 bits per heavy atom. The molecule has 0 radical (unpaired) electrons. The molecule has 7 nitrogen and oxygen atoms in total. The SMILES string of the molecule is O=C(c1cnc(-c2noc3cc(N4CCCCC4)ccc23)s1)N1CCOCC1. The van der Waals surface area contributed by atoms with E-state index < -0.39 is 0 Å². The molecule has 0 bridgehead atoms. The van der Waals surface area contributed by atoms with Crippen molar-refractivity contribution in [1.29, 1.82) is 0 Å². The number of nitrogens with zero attached hydrogens (tertiary/aromatic N) is 4. The van der Waals surface area contributed by atoms with Crippen molar-refractivity contribution in [2.45, 2.75) is 19.3 Å². The molecule has 2 fully saturated rings. The normalized spacial score (nSPS) is 18.0. The molecule has 0 atom stereocenters. The summed E-state index contributed by atoms with van der Waals surface area (Å²) in [5.41, 5.74) is 2.64. The van der Waals surface area contributed by atoms with Crippen molar-refractivity contribution in [2.75, 3.05) is 44.3 Å². The van der Waals surface area contributed by atoms with Crippen LogP contribution in [0.25, 0.3) is 21.7 Å². The highest BCUT2D eigenvalue weighted by Gasteiger charge is 2.23. The molecule has 2 aliphatic heterocycles. The third-order valence-corrected chi connectivity index (χ3v) is 6.39. The molecule has 0 unspecified atom stereocenters. The number of ether oxygens (including phenoxy) is 1. The van der Waals surface area contributed by atoms with Gasteiger partial charge in [0.25, 0.3) is 5.91 Å². The smallest absolute Gasteiger partial charge is 0.265 e. The number of carbonyl (C=O) groups excluding carboxylic acids is 1. The Kier molecular flexibility index (Phi) is 4.74. The summed E-state index contributed by atoms with van der Waals surface area (Å²) in [5, 5.41) is 5.89. The summed E-state index contributed by atoms with van der Waals surface area (Å²) in [6, 6.07) is 6.24. The van der Waals surface area contributed by atoms with E-state index in [1.807, 2.05) is 4.90 Å². The summed E-state index contributed by atoms with van der Waals surface area (Å²) >= 11 is 1.36. The Morgan fingerprint density at radius 2 is 1.89 bits per heavy atom. The fraction of sp³-hybridized carbons (Fsp3) is 0.450. The number of fused-ring (bicyclic) bond motifs is 1. The Hall–Kier alpha value is -2.45. The fourth-order valence-corrected chi connectivity index (χ4v) is 4.71. The molecule has 3 aromatic rings. The summed E-state index contributed by atoms with van der Waals surface area (Å²) in [5.74, 6) is 0.00670. The third kappa shape index (κ3) is 3.27. The van der Waals surface area contributed by atoms with Crippen molar-refractivity contribution in [2.24, 2.45) is 0 Å². The molecule has 1 amide bonds. The summed E-state index contributed by atoms with van der Waals surface area (Å²) in [7, 11) is 0. The van der Waals surface area contributed by atoms with Gasteiger partial charge in [0.1, 0.15) is 15.6 Å². The Labute approximate surface area is 166 Å². The molecule has 2 aliphatic rings. The topological polar surface area (TPSA) is 71.7 Å². The third-order valence-electron chi connectivity index (χ3n) is 5.39. The maximum atomic E-state index is 12.7. The average Bonchev–Trinajstić information content (AvgIpc) is 3.41. The second-order valence-corrected chi connectivity index (χ2v) is 8.22. The van der Waals surface area contributed by atoms with Gasteiger partial charge in [-0.2, -0.15) is 0 Å². The van der Waals surface area contributed by atoms with Gasteiger partial charge in [0.15, 0.2) is 5.58 Å². The largest absolute Gasteiger partial charge is 0.378 e. The van der Waals surface area contributed by atoms with Crippen LogP contribution in [-0.4, -0.2) is 60.3 Å². The van der Waals surface area contributed by atoms with E-state index in [1.54, 1.807) is 6.20 Å². The van der Waals surface area contributed by atoms with Gasteiger partial charge in [0, 0.05) is 37.9 Å². The first-order valence-corrected chi connectivity index (χ1v) is 10.6. The van der Waals surface area contributed by atoms with Gasteiger partial charge < -0.3 is 19.1 Å². The van der Waals surface area contributed by atoms with Gasteiger partial charge in [0.05, 0.1) is 24.8 Å². The summed E-state index contributed by atoms with van der Waals surface area (Å²) in [6.07, 6.45) is 5.42. The van der Waals surface area contributed by atoms with E-state index in [2.05, 4.69) is 33.2 Å². The molecule has 28 heavy (non-hydrogen) atoms. The van der Waals surface area contributed by atoms with Gasteiger partial charge in [-0.1, -0.05) is 5.16 Å². The van der Waals surface area contributed by atoms with Crippen LogP contribution < -0.4 is 4.90 Å². The molecule has 2 aromatic heterocycles. The van der Waals surface area contributed by atoms with E-state index in [0.29, 0.717) is 41.9 Å². The van der Waals surface area contributed by atoms with Crippen LogP contribution in [0.4, 0.5) is 5.69 Å². The number of anilines is 1. The van der Waals surface area contributed by atoms with E-state index in [0.717, 1.165) is 24.1 Å². The van der Waals surface area contributed by atoms with E-state index in [-0.39, 0.29) is 5.91 Å². The molecule has 8 heteroatoms. The monoisotopic (exact) mass is 398 g/mol. The average molecular weight is 398 g/mol. The van der Waals surface area contributed by atoms with Crippen LogP contribution in [0, 0.1) is 0 Å². The highest BCUT2D eigenvalue weighted by Crippen LogP contribution is 2.34. The minimum Gasteiger partial charge on any atom is -0.378 e. The standard InChI is InChI=1S/C20H22N4O3S/c25-20(24-8-10-26-11-9-24)17-13-21-19(28-17)18-15-5-4-14(12-16(15)27-22-18)23-6-2-1-3-7-23/h4-5,12-13H,1-3,6-11H2. The van der Waals surface area contributed by atoms with Gasteiger partial charge in [-0.25, -0.2) is 4.98 Å². The highest BCUT2D eigenvalue weighted by atomic mass is 32.1. The minimum absolute atomic E-state index is 0.00670. The lowest BCUT2D eigenvalue weighted by molar-refractivity contribution is 0.0306. The maximum absolute atomic E-state index is 12.7. The van der Waals surface area contributed by atoms with Crippen LogP contribution in [0.1, 0.15) is 28.9 Å². The molecule has 0 saturated carbocycles. The van der Waals surface area contributed by atoms with Gasteiger partial charge in [-0.15, -0.1) is 11.3 Å². The number of aromatic nitrogens is 2. The maximum Gasteiger partial charge on any atom is 0.265 e. The molecule has 146 valence electrons. The lowest BCUT2D eigenvalue weighted by Crippen LogP contribution is -2.40. The van der Waals surface area contributed by atoms with Gasteiger partial charge in [-0.05, 0) is 31.4 Å². The summed E-state index contributed by atoms with van der Waals surface area (Å²) in [4.78, 5) is 21.9. The molecular weight excluding hydrogens is 376 g/mol. The molecule has 0 aliphatic carbocycles. The van der Waals surface area contributed by atoms with E-state index in [1.165, 1.54) is 36.3 Å². The van der Waals surface area contributed by atoms with Crippen molar-refractivity contribution >= 4 is 33.9 Å². The van der Waals surface area contributed by atoms with Crippen LogP contribution >= 0.6 is 11.3 Å². The van der Waals surface area contributed by atoms with E-state index in [4.69, 9.17) is 9.26 Å². The van der Waals surface area contributed by atoms with Crippen LogP contribution in [0.2, 0.25) is 0 Å². The summed E-state index contributed by atoms with van der Waals surface area (Å²) < 4.78 is 10.9. The van der Waals surface area contributed by atoms with Crippen LogP contribution in [0.5, 0.6) is 0 Å². The number of amides is 1. The molecule has 4 heterocycles. The number of hydrogen-bond donors (Lipinski definition) is 0. The van der Waals surface area contributed by atoms with Crippen molar-refractivity contribution < 1.29 is 14.1 Å². The predicted octanol–water partition coefficient (Wildman–Crippen LogP) is 3.41. The number of piperidine rings is 1. The van der Waals surface area contributed by atoms with Crippen LogP contribution in [0.15, 0.2) is 28.9 Å². The molecule has 0 N–H and O–H groups in total. The molecule has 1 aromatic carbocycles. The Morgan fingerprint density at radius 3 is 2.71 bits per heavy atom. The first-order valence-electron chi connectivity index (χ1n) is 9.77. The predicted molar refractivity (Wildman–Crippen MR) is 108 cm³/mol. The van der Waals surface area contributed by atoms with Crippen molar-refractivity contribution in [1.82, 2.24) is 15.0 Å². The second-order valence-electron chi connectivity index (χ2n) is 7.19. The van der Waals surface area contributed by atoms with Gasteiger partial charge in [0.2, 0.25) is 0 Å². The second kappa shape index (κ2) is 7.52. The number of hydrogen-bond acceptors (Lipinski definition) is 7.